The van der Waals surface area contributed by atoms with Crippen LogP contribution in [0.5, 0.6) is 0 Å². The van der Waals surface area contributed by atoms with E-state index < -0.39 is 16.1 Å². The molecule has 1 saturated heterocycles. The van der Waals surface area contributed by atoms with Crippen LogP contribution in [0.25, 0.3) is 11.4 Å². The van der Waals surface area contributed by atoms with Crippen molar-refractivity contribution < 1.29 is 22.6 Å². The molecule has 1 amide bonds. The lowest BCUT2D eigenvalue weighted by molar-refractivity contribution is -0.109. The summed E-state index contributed by atoms with van der Waals surface area (Å²) in [6.45, 7) is 4.80. The smallest absolute Gasteiger partial charge is 0.351 e. The van der Waals surface area contributed by atoms with Crippen molar-refractivity contribution in [3.63, 3.8) is 0 Å². The van der Waals surface area contributed by atoms with Gasteiger partial charge in [-0.1, -0.05) is 30.6 Å². The minimum absolute atomic E-state index is 0.227. The highest BCUT2D eigenvalue weighted by atomic mass is 32.2. The first-order valence-corrected chi connectivity index (χ1v) is 12.5. The lowest BCUT2D eigenvalue weighted by Crippen LogP contribution is -2.49. The molecule has 4 rings (SSSR count). The second-order valence-corrected chi connectivity index (χ2v) is 9.88. The molecule has 2 aromatic carbocycles. The fourth-order valence-electron chi connectivity index (χ4n) is 3.64. The van der Waals surface area contributed by atoms with E-state index in [4.69, 9.17) is 9.36 Å². The summed E-state index contributed by atoms with van der Waals surface area (Å²) >= 11 is 0. The lowest BCUT2D eigenvalue weighted by Gasteiger charge is -2.32. The second kappa shape index (κ2) is 10.3. The van der Waals surface area contributed by atoms with Crippen LogP contribution < -0.4 is 5.32 Å². The highest BCUT2D eigenvalue weighted by Gasteiger charge is 2.29. The average Bonchev–Trinajstić information content (AvgIpc) is 3.27. The van der Waals surface area contributed by atoms with Crippen LogP contribution in [0, 0.1) is 6.92 Å². The second-order valence-electron chi connectivity index (χ2n) is 7.95. The molecule has 0 unspecified atom stereocenters. The van der Waals surface area contributed by atoms with Gasteiger partial charge in [0.1, 0.15) is 0 Å². The zero-order valence-corrected chi connectivity index (χ0v) is 19.9. The van der Waals surface area contributed by atoms with Crippen LogP contribution in [0.15, 0.2) is 57.9 Å². The Kier molecular flexibility index (Phi) is 7.25. The highest BCUT2D eigenvalue weighted by Crippen LogP contribution is 2.20. The van der Waals surface area contributed by atoms with E-state index in [1.807, 2.05) is 12.1 Å². The van der Waals surface area contributed by atoms with Gasteiger partial charge in [0.15, 0.2) is 0 Å². The molecule has 0 radical (unpaired) electrons. The van der Waals surface area contributed by atoms with Crippen molar-refractivity contribution in [1.82, 2.24) is 19.5 Å². The van der Waals surface area contributed by atoms with E-state index in [0.717, 1.165) is 24.0 Å². The van der Waals surface area contributed by atoms with Crippen molar-refractivity contribution in [2.45, 2.75) is 31.6 Å². The molecule has 1 N–H and O–H groups in total. The van der Waals surface area contributed by atoms with Gasteiger partial charge in [-0.15, -0.1) is 5.06 Å². The van der Waals surface area contributed by atoms with E-state index in [2.05, 4.69) is 22.4 Å². The molecular formula is C23H27N5O5S. The molecule has 0 aliphatic carbocycles. The van der Waals surface area contributed by atoms with Crippen molar-refractivity contribution in [2.75, 3.05) is 31.5 Å². The van der Waals surface area contributed by atoms with Crippen LogP contribution in [0.3, 0.4) is 0 Å². The molecule has 1 fully saturated rings. The van der Waals surface area contributed by atoms with Crippen LogP contribution in [-0.2, 0) is 21.3 Å². The van der Waals surface area contributed by atoms with Gasteiger partial charge in [-0.2, -0.15) is 9.29 Å². The summed E-state index contributed by atoms with van der Waals surface area (Å²) < 4.78 is 32.2. The molecule has 11 heteroatoms. The van der Waals surface area contributed by atoms with Crippen molar-refractivity contribution in [2.24, 2.45) is 0 Å². The number of amides is 1. The number of sulfonamides is 1. The topological polar surface area (TPSA) is 118 Å². The first-order chi connectivity index (χ1) is 16.3. The van der Waals surface area contributed by atoms with Gasteiger partial charge in [0, 0.05) is 44.4 Å². The number of anilines is 1. The van der Waals surface area contributed by atoms with E-state index in [-0.39, 0.29) is 31.1 Å². The molecule has 0 bridgehead atoms. The third kappa shape index (κ3) is 5.61. The van der Waals surface area contributed by atoms with Gasteiger partial charge in [-0.05, 0) is 48.4 Å². The molecule has 1 aliphatic heterocycles. The van der Waals surface area contributed by atoms with E-state index in [9.17, 15) is 13.2 Å². The predicted molar refractivity (Wildman–Crippen MR) is 125 cm³/mol. The molecule has 0 atom stereocenters. The normalized spacial score (nSPS) is 15.2. The Labute approximate surface area is 198 Å². The van der Waals surface area contributed by atoms with Gasteiger partial charge in [0.05, 0.1) is 4.90 Å². The average molecular weight is 486 g/mol. The third-order valence-corrected chi connectivity index (χ3v) is 7.34. The first kappa shape index (κ1) is 23.9. The van der Waals surface area contributed by atoms with Gasteiger partial charge >= 0.3 is 6.09 Å². The summed E-state index contributed by atoms with van der Waals surface area (Å²) in [7, 11) is -3.59. The van der Waals surface area contributed by atoms with E-state index in [0.29, 0.717) is 17.4 Å². The standard InChI is InChI=1S/C23H27N5O5S/c1-3-4-18-5-11-21(12-6-18)34(30,31)28-15-13-27(14-16-28)33-23(29)25-20-9-7-19(8-10-20)22-24-17(2)32-26-22/h5-12H,3-4,13-16H2,1-2H3,(H,25,29). The van der Waals surface area contributed by atoms with Gasteiger partial charge < -0.3 is 9.36 Å². The summed E-state index contributed by atoms with van der Waals surface area (Å²) in [6, 6.07) is 14.0. The number of hydroxylamine groups is 2. The molecule has 34 heavy (non-hydrogen) atoms. The number of hydrogen-bond acceptors (Lipinski definition) is 8. The predicted octanol–water partition coefficient (Wildman–Crippen LogP) is 3.47. The molecule has 0 saturated carbocycles. The minimum atomic E-state index is -3.59. The molecule has 1 aliphatic rings. The quantitative estimate of drug-likeness (QED) is 0.541. The number of carbonyl (C=O) groups is 1. The Morgan fingerprint density at radius 2 is 1.74 bits per heavy atom. The number of nitrogens with zero attached hydrogens (tertiary/aromatic N) is 4. The Morgan fingerprint density at radius 3 is 2.32 bits per heavy atom. The van der Waals surface area contributed by atoms with Gasteiger partial charge in [-0.25, -0.2) is 13.2 Å². The van der Waals surface area contributed by atoms with Gasteiger partial charge in [0.25, 0.3) is 0 Å². The fraction of sp³-hybridized carbons (Fsp3) is 0.348. The number of aromatic nitrogens is 2. The van der Waals surface area contributed by atoms with Crippen LogP contribution in [0.2, 0.25) is 0 Å². The zero-order valence-electron chi connectivity index (χ0n) is 19.1. The van der Waals surface area contributed by atoms with Crippen molar-refractivity contribution in [3.05, 3.63) is 60.0 Å². The number of nitrogens with one attached hydrogen (secondary N) is 1. The van der Waals surface area contributed by atoms with Crippen molar-refractivity contribution >= 4 is 21.8 Å². The Bertz CT molecular complexity index is 1220. The minimum Gasteiger partial charge on any atom is -0.351 e. The largest absolute Gasteiger partial charge is 0.430 e. The van der Waals surface area contributed by atoms with Crippen LogP contribution in [0.4, 0.5) is 10.5 Å². The first-order valence-electron chi connectivity index (χ1n) is 11.1. The van der Waals surface area contributed by atoms with E-state index in [1.165, 1.54) is 9.37 Å². The fourth-order valence-corrected chi connectivity index (χ4v) is 5.07. The molecule has 2 heterocycles. The molecule has 1 aromatic heterocycles. The third-order valence-electron chi connectivity index (χ3n) is 5.43. The SMILES string of the molecule is CCCc1ccc(S(=O)(=O)N2CCN(OC(=O)Nc3ccc(-c4noc(C)n4)cc3)CC2)cc1. The number of carbonyl (C=O) groups excluding carboxylic acids is 1. The molecule has 3 aromatic rings. The maximum Gasteiger partial charge on any atom is 0.430 e. The Morgan fingerprint density at radius 1 is 1.06 bits per heavy atom. The molecule has 180 valence electrons. The van der Waals surface area contributed by atoms with Gasteiger partial charge in [0.2, 0.25) is 21.7 Å². The monoisotopic (exact) mass is 485 g/mol. The molecule has 10 nitrogen and oxygen atoms in total. The van der Waals surface area contributed by atoms with Crippen molar-refractivity contribution in [3.8, 4) is 11.4 Å². The molecular weight excluding hydrogens is 458 g/mol. The molecule has 0 spiro atoms. The Hall–Kier alpha value is -3.28. The number of benzene rings is 2. The summed E-state index contributed by atoms with van der Waals surface area (Å²) in [6.07, 6.45) is 1.28. The van der Waals surface area contributed by atoms with Crippen LogP contribution >= 0.6 is 0 Å². The van der Waals surface area contributed by atoms with Crippen LogP contribution in [-0.4, -0.2) is 60.2 Å². The maximum absolute atomic E-state index is 12.9. The van der Waals surface area contributed by atoms with E-state index >= 15 is 0 Å². The summed E-state index contributed by atoms with van der Waals surface area (Å²) in [5.41, 5.74) is 2.42. The number of hydrogen-bond donors (Lipinski definition) is 1. The maximum atomic E-state index is 12.9. The summed E-state index contributed by atoms with van der Waals surface area (Å²) in [5.74, 6) is 0.940. The zero-order chi connectivity index (χ0) is 24.1. The highest BCUT2D eigenvalue weighted by molar-refractivity contribution is 7.89. The van der Waals surface area contributed by atoms with Crippen LogP contribution in [0.1, 0.15) is 24.8 Å². The van der Waals surface area contributed by atoms with Crippen molar-refractivity contribution in [1.29, 1.82) is 0 Å². The van der Waals surface area contributed by atoms with E-state index in [1.54, 1.807) is 43.3 Å². The number of rotatable bonds is 7. The lowest BCUT2D eigenvalue weighted by atomic mass is 10.1. The number of piperazine rings is 1. The summed E-state index contributed by atoms with van der Waals surface area (Å²) in [4.78, 5) is 22.1. The Balaban J connectivity index is 1.27. The van der Waals surface area contributed by atoms with Gasteiger partial charge in [-0.3, -0.25) is 5.32 Å². The summed E-state index contributed by atoms with van der Waals surface area (Å²) in [5, 5.41) is 7.97. The number of aryl methyl sites for hydroxylation is 2.